The second-order valence-corrected chi connectivity index (χ2v) is 5.39. The molecule has 1 aromatic heterocycles. The Morgan fingerprint density at radius 3 is 2.74 bits per heavy atom. The van der Waals surface area contributed by atoms with Crippen LogP contribution in [0.5, 0.6) is 0 Å². The van der Waals surface area contributed by atoms with Gasteiger partial charge in [-0.2, -0.15) is 0 Å². The molecule has 0 amide bonds. The Hall–Kier alpha value is -2.62. The molecule has 1 aromatic carbocycles. The van der Waals surface area contributed by atoms with Crippen molar-refractivity contribution < 1.29 is 14.5 Å². The van der Waals surface area contributed by atoms with Gasteiger partial charge in [0.1, 0.15) is 0 Å². The lowest BCUT2D eigenvalue weighted by atomic mass is 10.2. The van der Waals surface area contributed by atoms with Gasteiger partial charge in [-0.1, -0.05) is 6.92 Å². The van der Waals surface area contributed by atoms with Gasteiger partial charge in [0.2, 0.25) is 5.16 Å². The summed E-state index contributed by atoms with van der Waals surface area (Å²) >= 11 is 1.01. The number of rotatable bonds is 6. The Labute approximate surface area is 136 Å². The fourth-order valence-electron chi connectivity index (χ4n) is 1.80. The standard InChI is InChI=1S/C13H15N5O4S/c1-3-11-15-16-13(17(11)14)23-10-6-5-8(12(19)22-4-2)7-9(10)18(20)21/h5-7H,3-4,14H2,1-2H3. The molecule has 2 N–H and O–H groups in total. The molecule has 1 heterocycles. The molecule has 2 rings (SSSR count). The highest BCUT2D eigenvalue weighted by Crippen LogP contribution is 2.34. The van der Waals surface area contributed by atoms with Gasteiger partial charge >= 0.3 is 5.97 Å². The lowest BCUT2D eigenvalue weighted by molar-refractivity contribution is -0.387. The van der Waals surface area contributed by atoms with Gasteiger partial charge in [-0.05, 0) is 30.8 Å². The Balaban J connectivity index is 2.36. The summed E-state index contributed by atoms with van der Waals surface area (Å²) in [5, 5.41) is 19.4. The van der Waals surface area contributed by atoms with Crippen molar-refractivity contribution in [2.75, 3.05) is 12.4 Å². The number of benzene rings is 1. The number of esters is 1. The summed E-state index contributed by atoms with van der Waals surface area (Å²) in [6, 6.07) is 4.11. The third-order valence-electron chi connectivity index (χ3n) is 2.92. The van der Waals surface area contributed by atoms with Gasteiger partial charge in [0, 0.05) is 12.5 Å². The number of nitrogens with two attached hydrogens (primary N) is 1. The molecule has 0 aliphatic carbocycles. The van der Waals surface area contributed by atoms with Gasteiger partial charge in [0.05, 0.1) is 22.0 Å². The van der Waals surface area contributed by atoms with Crippen molar-refractivity contribution in [3.8, 4) is 0 Å². The van der Waals surface area contributed by atoms with E-state index in [1.165, 1.54) is 22.9 Å². The van der Waals surface area contributed by atoms with E-state index in [4.69, 9.17) is 10.6 Å². The summed E-state index contributed by atoms with van der Waals surface area (Å²) in [6.45, 7) is 3.73. The van der Waals surface area contributed by atoms with E-state index < -0.39 is 10.9 Å². The monoisotopic (exact) mass is 337 g/mol. The van der Waals surface area contributed by atoms with Gasteiger partial charge < -0.3 is 10.6 Å². The fourth-order valence-corrected chi connectivity index (χ4v) is 2.66. The number of nitrogen functional groups attached to an aromatic ring is 1. The maximum Gasteiger partial charge on any atom is 0.338 e. The highest BCUT2D eigenvalue weighted by Gasteiger charge is 2.21. The van der Waals surface area contributed by atoms with Gasteiger partial charge in [-0.15, -0.1) is 10.2 Å². The molecule has 122 valence electrons. The molecule has 0 saturated carbocycles. The molecule has 10 heteroatoms. The zero-order valence-corrected chi connectivity index (χ0v) is 13.4. The van der Waals surface area contributed by atoms with Crippen LogP contribution in [0.25, 0.3) is 0 Å². The van der Waals surface area contributed by atoms with Crippen LogP contribution in [-0.2, 0) is 11.2 Å². The number of hydrogen-bond acceptors (Lipinski definition) is 8. The van der Waals surface area contributed by atoms with Gasteiger partial charge in [0.25, 0.3) is 5.69 Å². The molecule has 0 radical (unpaired) electrons. The zero-order chi connectivity index (χ0) is 17.0. The minimum atomic E-state index is -0.609. The number of aromatic nitrogens is 3. The summed E-state index contributed by atoms with van der Waals surface area (Å²) in [5.74, 6) is 5.79. The van der Waals surface area contributed by atoms with Crippen molar-refractivity contribution in [2.45, 2.75) is 30.3 Å². The van der Waals surface area contributed by atoms with Crippen molar-refractivity contribution in [3.05, 3.63) is 39.7 Å². The van der Waals surface area contributed by atoms with E-state index in [0.29, 0.717) is 22.3 Å². The molecule has 0 atom stereocenters. The molecular weight excluding hydrogens is 322 g/mol. The first-order valence-corrected chi connectivity index (χ1v) is 7.62. The van der Waals surface area contributed by atoms with E-state index in [1.54, 1.807) is 6.92 Å². The molecule has 0 fully saturated rings. The van der Waals surface area contributed by atoms with Gasteiger partial charge in [-0.25, -0.2) is 9.47 Å². The summed E-state index contributed by atoms with van der Waals surface area (Å²) in [6.07, 6.45) is 0.591. The minimum Gasteiger partial charge on any atom is -0.462 e. The van der Waals surface area contributed by atoms with E-state index in [0.717, 1.165) is 11.8 Å². The maximum atomic E-state index is 11.7. The molecule has 0 unspecified atom stereocenters. The first kappa shape index (κ1) is 16.7. The maximum absolute atomic E-state index is 11.7. The van der Waals surface area contributed by atoms with Crippen LogP contribution in [0.1, 0.15) is 30.0 Å². The topological polar surface area (TPSA) is 126 Å². The second kappa shape index (κ2) is 7.09. The minimum absolute atomic E-state index is 0.117. The van der Waals surface area contributed by atoms with Crippen LogP contribution in [0.3, 0.4) is 0 Å². The molecule has 23 heavy (non-hydrogen) atoms. The number of nitrogens with zero attached hydrogens (tertiary/aromatic N) is 4. The van der Waals surface area contributed by atoms with E-state index in [2.05, 4.69) is 10.2 Å². The molecule has 0 bridgehead atoms. The molecule has 0 saturated heterocycles. The van der Waals surface area contributed by atoms with Crippen molar-refractivity contribution in [1.82, 2.24) is 14.9 Å². The van der Waals surface area contributed by atoms with Crippen LogP contribution in [0.4, 0.5) is 5.69 Å². The van der Waals surface area contributed by atoms with Crippen LogP contribution in [0.2, 0.25) is 0 Å². The molecule has 0 spiro atoms. The quantitative estimate of drug-likeness (QED) is 0.366. The number of hydrogen-bond donors (Lipinski definition) is 1. The number of nitro benzene ring substituents is 1. The smallest absolute Gasteiger partial charge is 0.338 e. The van der Waals surface area contributed by atoms with Crippen LogP contribution in [0.15, 0.2) is 28.3 Å². The number of carbonyl (C=O) groups excluding carboxylic acids is 1. The Bertz CT molecular complexity index is 746. The lowest BCUT2D eigenvalue weighted by Crippen LogP contribution is -2.13. The molecule has 0 aliphatic heterocycles. The molecule has 2 aromatic rings. The molecule has 0 aliphatic rings. The average Bonchev–Trinajstić information content (AvgIpc) is 2.88. The van der Waals surface area contributed by atoms with E-state index >= 15 is 0 Å². The van der Waals surface area contributed by atoms with Gasteiger partial charge in [0.15, 0.2) is 5.82 Å². The number of nitro groups is 1. The second-order valence-electron chi connectivity index (χ2n) is 4.38. The van der Waals surface area contributed by atoms with Crippen LogP contribution >= 0.6 is 11.8 Å². The lowest BCUT2D eigenvalue weighted by Gasteiger charge is -2.06. The predicted octanol–water partition coefficient (Wildman–Crippen LogP) is 1.79. The molecular formula is C13H15N5O4S. The zero-order valence-electron chi connectivity index (χ0n) is 12.6. The van der Waals surface area contributed by atoms with E-state index in [9.17, 15) is 14.9 Å². The third kappa shape index (κ3) is 3.59. The van der Waals surface area contributed by atoms with E-state index in [1.807, 2.05) is 6.92 Å². The summed E-state index contributed by atoms with van der Waals surface area (Å²) < 4.78 is 6.13. The Morgan fingerprint density at radius 1 is 1.43 bits per heavy atom. The van der Waals surface area contributed by atoms with Gasteiger partial charge in [-0.3, -0.25) is 10.1 Å². The Morgan fingerprint density at radius 2 is 2.17 bits per heavy atom. The third-order valence-corrected chi connectivity index (χ3v) is 3.95. The van der Waals surface area contributed by atoms with Crippen molar-refractivity contribution in [1.29, 1.82) is 0 Å². The van der Waals surface area contributed by atoms with Crippen molar-refractivity contribution in [2.24, 2.45) is 0 Å². The van der Waals surface area contributed by atoms with E-state index in [-0.39, 0.29) is 17.9 Å². The van der Waals surface area contributed by atoms with Crippen molar-refractivity contribution in [3.63, 3.8) is 0 Å². The predicted molar refractivity (Wildman–Crippen MR) is 82.7 cm³/mol. The van der Waals surface area contributed by atoms with Crippen LogP contribution in [-0.4, -0.2) is 32.4 Å². The highest BCUT2D eigenvalue weighted by molar-refractivity contribution is 7.99. The Kier molecular flexibility index (Phi) is 5.16. The highest BCUT2D eigenvalue weighted by atomic mass is 32.2. The fraction of sp³-hybridized carbons (Fsp3) is 0.308. The van der Waals surface area contributed by atoms with Crippen LogP contribution < -0.4 is 5.84 Å². The molecule has 9 nitrogen and oxygen atoms in total. The summed E-state index contributed by atoms with van der Waals surface area (Å²) in [4.78, 5) is 22.7. The first-order valence-electron chi connectivity index (χ1n) is 6.80. The summed E-state index contributed by atoms with van der Waals surface area (Å²) in [7, 11) is 0. The number of carbonyl (C=O) groups is 1. The number of ether oxygens (including phenoxy) is 1. The first-order chi connectivity index (χ1) is 11.0. The normalized spacial score (nSPS) is 10.5. The van der Waals surface area contributed by atoms with Crippen LogP contribution in [0, 0.1) is 10.1 Å². The number of aryl methyl sites for hydroxylation is 1. The van der Waals surface area contributed by atoms with Crippen molar-refractivity contribution >= 4 is 23.4 Å². The average molecular weight is 337 g/mol. The SMILES string of the molecule is CCOC(=O)c1ccc(Sc2nnc(CC)n2N)c([N+](=O)[O-])c1. The largest absolute Gasteiger partial charge is 0.462 e. The summed E-state index contributed by atoms with van der Waals surface area (Å²) in [5.41, 5.74) is -0.104.